The predicted molar refractivity (Wildman–Crippen MR) is 92.6 cm³/mol. The third-order valence-electron chi connectivity index (χ3n) is 3.59. The molecule has 0 spiro atoms. The first kappa shape index (κ1) is 14.4. The van der Waals surface area contributed by atoms with Crippen LogP contribution >= 0.6 is 22.9 Å². The van der Waals surface area contributed by atoms with Crippen LogP contribution in [0.15, 0.2) is 48.5 Å². The fraction of sp³-hybridized carbons (Fsp3) is 0.235. The van der Waals surface area contributed by atoms with Gasteiger partial charge in [-0.1, -0.05) is 66.3 Å². The smallest absolute Gasteiger partial charge is 0.183 e. The number of nitrogens with zero attached hydrogens (tertiary/aromatic N) is 1. The van der Waals surface area contributed by atoms with Gasteiger partial charge in [-0.2, -0.15) is 0 Å². The van der Waals surface area contributed by atoms with E-state index in [4.69, 9.17) is 11.6 Å². The summed E-state index contributed by atoms with van der Waals surface area (Å²) < 4.78 is 1.05. The van der Waals surface area contributed by atoms with E-state index < -0.39 is 0 Å². The Morgan fingerprint density at radius 1 is 1.14 bits per heavy atom. The quantitative estimate of drug-likeness (QED) is 0.667. The number of nitrogens with one attached hydrogen (secondary N) is 1. The lowest BCUT2D eigenvalue weighted by molar-refractivity contribution is 0.706. The van der Waals surface area contributed by atoms with Crippen molar-refractivity contribution in [1.29, 1.82) is 0 Å². The zero-order valence-corrected chi connectivity index (χ0v) is 13.4. The Kier molecular flexibility index (Phi) is 4.42. The molecule has 0 saturated carbocycles. The number of hydrogen-bond donors (Lipinski definition) is 1. The average molecular weight is 317 g/mol. The number of anilines is 1. The molecule has 4 heteroatoms. The highest BCUT2D eigenvalue weighted by atomic mass is 35.5. The zero-order chi connectivity index (χ0) is 14.7. The lowest BCUT2D eigenvalue weighted by Gasteiger charge is -2.11. The van der Waals surface area contributed by atoms with E-state index in [0.29, 0.717) is 5.92 Å². The summed E-state index contributed by atoms with van der Waals surface area (Å²) in [6.45, 7) is 3.17. The van der Waals surface area contributed by atoms with E-state index >= 15 is 0 Å². The van der Waals surface area contributed by atoms with Crippen molar-refractivity contribution in [1.82, 2.24) is 4.98 Å². The largest absolute Gasteiger partial charge is 0.361 e. The number of thiazole rings is 1. The minimum Gasteiger partial charge on any atom is -0.361 e. The SMILES string of the molecule is CC(CCNc1nc2cccc(Cl)c2s1)c1ccccc1. The second-order valence-electron chi connectivity index (χ2n) is 5.13. The van der Waals surface area contributed by atoms with Gasteiger partial charge in [0.2, 0.25) is 0 Å². The van der Waals surface area contributed by atoms with Crippen LogP contribution in [0.2, 0.25) is 5.02 Å². The number of aromatic nitrogens is 1. The summed E-state index contributed by atoms with van der Waals surface area (Å²) in [7, 11) is 0. The molecule has 0 aliphatic carbocycles. The summed E-state index contributed by atoms with van der Waals surface area (Å²) in [6.07, 6.45) is 1.08. The summed E-state index contributed by atoms with van der Waals surface area (Å²) >= 11 is 7.79. The lowest BCUT2D eigenvalue weighted by atomic mass is 9.98. The maximum atomic E-state index is 6.18. The Morgan fingerprint density at radius 2 is 1.95 bits per heavy atom. The van der Waals surface area contributed by atoms with Crippen LogP contribution in [0.3, 0.4) is 0 Å². The van der Waals surface area contributed by atoms with Gasteiger partial charge in [0.15, 0.2) is 5.13 Å². The molecule has 3 rings (SSSR count). The van der Waals surface area contributed by atoms with Crippen LogP contribution in [0.1, 0.15) is 24.8 Å². The number of hydrogen-bond acceptors (Lipinski definition) is 3. The van der Waals surface area contributed by atoms with Gasteiger partial charge in [0, 0.05) is 6.54 Å². The first-order valence-electron chi connectivity index (χ1n) is 7.08. The molecule has 2 nitrogen and oxygen atoms in total. The maximum Gasteiger partial charge on any atom is 0.183 e. The lowest BCUT2D eigenvalue weighted by Crippen LogP contribution is -2.05. The molecule has 0 aliphatic rings. The Bertz CT molecular complexity index is 724. The third kappa shape index (κ3) is 3.36. The number of benzene rings is 2. The molecule has 0 aliphatic heterocycles. The van der Waals surface area contributed by atoms with Gasteiger partial charge in [-0.3, -0.25) is 0 Å². The summed E-state index contributed by atoms with van der Waals surface area (Å²) in [6, 6.07) is 16.4. The first-order valence-corrected chi connectivity index (χ1v) is 8.27. The van der Waals surface area contributed by atoms with Crippen LogP contribution in [0.4, 0.5) is 5.13 Å². The molecule has 1 unspecified atom stereocenters. The fourth-order valence-electron chi connectivity index (χ4n) is 2.33. The van der Waals surface area contributed by atoms with E-state index in [0.717, 1.165) is 33.3 Å². The molecule has 1 atom stereocenters. The van der Waals surface area contributed by atoms with E-state index in [1.807, 2.05) is 18.2 Å². The van der Waals surface area contributed by atoms with Gasteiger partial charge in [0.05, 0.1) is 15.2 Å². The van der Waals surface area contributed by atoms with Crippen molar-refractivity contribution in [2.75, 3.05) is 11.9 Å². The van der Waals surface area contributed by atoms with Crippen molar-refractivity contribution < 1.29 is 0 Å². The molecule has 1 aromatic heterocycles. The van der Waals surface area contributed by atoms with E-state index in [1.54, 1.807) is 11.3 Å². The summed E-state index contributed by atoms with van der Waals surface area (Å²) in [5, 5.41) is 5.13. The minimum absolute atomic E-state index is 0.539. The van der Waals surface area contributed by atoms with Crippen molar-refractivity contribution >= 4 is 38.3 Å². The zero-order valence-electron chi connectivity index (χ0n) is 11.8. The second-order valence-corrected chi connectivity index (χ2v) is 6.54. The van der Waals surface area contributed by atoms with Crippen LogP contribution in [0.25, 0.3) is 10.2 Å². The minimum atomic E-state index is 0.539. The topological polar surface area (TPSA) is 24.9 Å². The van der Waals surface area contributed by atoms with Crippen molar-refractivity contribution in [2.24, 2.45) is 0 Å². The Hall–Kier alpha value is -1.58. The maximum absolute atomic E-state index is 6.18. The van der Waals surface area contributed by atoms with Crippen molar-refractivity contribution in [3.63, 3.8) is 0 Å². The van der Waals surface area contributed by atoms with Crippen molar-refractivity contribution in [2.45, 2.75) is 19.3 Å². The molecule has 0 radical (unpaired) electrons. The molecule has 0 bridgehead atoms. The highest BCUT2D eigenvalue weighted by Gasteiger charge is 2.08. The number of fused-ring (bicyclic) bond motifs is 1. The molecule has 1 heterocycles. The van der Waals surface area contributed by atoms with Gasteiger partial charge in [-0.15, -0.1) is 0 Å². The van der Waals surface area contributed by atoms with Gasteiger partial charge in [-0.25, -0.2) is 4.98 Å². The van der Waals surface area contributed by atoms with Gasteiger partial charge < -0.3 is 5.32 Å². The molecule has 2 aromatic carbocycles. The van der Waals surface area contributed by atoms with E-state index in [9.17, 15) is 0 Å². The number of halogens is 1. The van der Waals surface area contributed by atoms with Crippen LogP contribution in [0.5, 0.6) is 0 Å². The predicted octanol–water partition coefficient (Wildman–Crippen LogP) is 5.56. The molecular formula is C17H17ClN2S. The van der Waals surface area contributed by atoms with Gasteiger partial charge in [0.25, 0.3) is 0 Å². The monoisotopic (exact) mass is 316 g/mol. The van der Waals surface area contributed by atoms with Gasteiger partial charge in [0.1, 0.15) is 0 Å². The number of rotatable bonds is 5. The molecule has 0 amide bonds. The Morgan fingerprint density at radius 3 is 2.71 bits per heavy atom. The normalized spacial score (nSPS) is 12.5. The highest BCUT2D eigenvalue weighted by Crippen LogP contribution is 2.31. The van der Waals surface area contributed by atoms with E-state index in [2.05, 4.69) is 47.6 Å². The summed E-state index contributed by atoms with van der Waals surface area (Å²) in [4.78, 5) is 4.57. The van der Waals surface area contributed by atoms with E-state index in [-0.39, 0.29) is 0 Å². The summed E-state index contributed by atoms with van der Waals surface area (Å²) in [5.41, 5.74) is 2.35. The van der Waals surface area contributed by atoms with Crippen molar-refractivity contribution in [3.05, 3.63) is 59.1 Å². The van der Waals surface area contributed by atoms with Crippen LogP contribution in [-0.4, -0.2) is 11.5 Å². The second kappa shape index (κ2) is 6.46. The molecular weight excluding hydrogens is 300 g/mol. The summed E-state index contributed by atoms with van der Waals surface area (Å²) in [5.74, 6) is 0.539. The Labute approximate surface area is 133 Å². The van der Waals surface area contributed by atoms with Gasteiger partial charge in [-0.05, 0) is 30.0 Å². The highest BCUT2D eigenvalue weighted by molar-refractivity contribution is 7.22. The molecule has 3 aromatic rings. The van der Waals surface area contributed by atoms with Crippen LogP contribution in [0, 0.1) is 0 Å². The van der Waals surface area contributed by atoms with Crippen LogP contribution < -0.4 is 5.32 Å². The van der Waals surface area contributed by atoms with Gasteiger partial charge >= 0.3 is 0 Å². The molecule has 0 saturated heterocycles. The van der Waals surface area contributed by atoms with Crippen LogP contribution in [-0.2, 0) is 0 Å². The van der Waals surface area contributed by atoms with E-state index in [1.165, 1.54) is 5.56 Å². The first-order chi connectivity index (χ1) is 10.2. The third-order valence-corrected chi connectivity index (χ3v) is 5.08. The molecule has 1 N–H and O–H groups in total. The molecule has 21 heavy (non-hydrogen) atoms. The standard InChI is InChI=1S/C17H17ClN2S/c1-12(13-6-3-2-4-7-13)10-11-19-17-20-15-9-5-8-14(18)16(15)21-17/h2-9,12H,10-11H2,1H3,(H,19,20). The molecule has 108 valence electrons. The van der Waals surface area contributed by atoms with Crippen molar-refractivity contribution in [3.8, 4) is 0 Å². The Balaban J connectivity index is 1.61. The average Bonchev–Trinajstić information content (AvgIpc) is 2.92. The fourth-order valence-corrected chi connectivity index (χ4v) is 3.52. The molecule has 0 fully saturated rings.